The van der Waals surface area contributed by atoms with Crippen LogP contribution in [0.4, 0.5) is 11.4 Å². The number of nitrogens with zero attached hydrogens (tertiary/aromatic N) is 1. The maximum atomic E-state index is 13.0. The van der Waals surface area contributed by atoms with E-state index < -0.39 is 10.0 Å². The molecule has 0 saturated carbocycles. The summed E-state index contributed by atoms with van der Waals surface area (Å²) in [7, 11) is -3.78. The molecule has 7 heteroatoms. The summed E-state index contributed by atoms with van der Waals surface area (Å²) in [6, 6.07) is 17.4. The van der Waals surface area contributed by atoms with Gasteiger partial charge in [-0.1, -0.05) is 35.4 Å². The number of fused-ring (bicyclic) bond motifs is 1. The summed E-state index contributed by atoms with van der Waals surface area (Å²) in [6.45, 7) is 4.44. The van der Waals surface area contributed by atoms with Crippen molar-refractivity contribution in [2.24, 2.45) is 0 Å². The summed E-state index contributed by atoms with van der Waals surface area (Å²) in [5.74, 6) is -0.0796. The van der Waals surface area contributed by atoms with Gasteiger partial charge in [-0.3, -0.25) is 9.52 Å². The first-order valence-corrected chi connectivity index (χ1v) is 11.9. The van der Waals surface area contributed by atoms with Crippen LogP contribution in [0.1, 0.15) is 33.5 Å². The Kier molecular flexibility index (Phi) is 5.77. The fraction of sp³-hybridized carbons (Fsp3) is 0.208. The molecule has 1 amide bonds. The Hall–Kier alpha value is -2.83. The Morgan fingerprint density at radius 1 is 1.00 bits per heavy atom. The highest BCUT2D eigenvalue weighted by Crippen LogP contribution is 2.31. The Bertz CT molecular complexity index is 1250. The highest BCUT2D eigenvalue weighted by molar-refractivity contribution is 7.92. The van der Waals surface area contributed by atoms with Gasteiger partial charge in [0.25, 0.3) is 15.9 Å². The number of hydrogen-bond donors (Lipinski definition) is 1. The fourth-order valence-corrected chi connectivity index (χ4v) is 4.95. The first kappa shape index (κ1) is 21.4. The largest absolute Gasteiger partial charge is 0.308 e. The van der Waals surface area contributed by atoms with E-state index in [0.717, 1.165) is 28.8 Å². The van der Waals surface area contributed by atoms with Gasteiger partial charge in [-0.2, -0.15) is 0 Å². The number of sulfonamides is 1. The van der Waals surface area contributed by atoms with Gasteiger partial charge in [0.2, 0.25) is 0 Å². The average molecular weight is 455 g/mol. The van der Waals surface area contributed by atoms with Crippen molar-refractivity contribution in [1.82, 2.24) is 0 Å². The molecule has 0 aliphatic carbocycles. The Labute approximate surface area is 187 Å². The summed E-state index contributed by atoms with van der Waals surface area (Å²) in [4.78, 5) is 14.9. The number of carbonyl (C=O) groups excluding carboxylic acids is 1. The van der Waals surface area contributed by atoms with Crippen LogP contribution in [0.15, 0.2) is 65.6 Å². The zero-order valence-electron chi connectivity index (χ0n) is 17.4. The zero-order chi connectivity index (χ0) is 22.2. The van der Waals surface area contributed by atoms with Gasteiger partial charge >= 0.3 is 0 Å². The van der Waals surface area contributed by atoms with Crippen LogP contribution in [-0.2, 0) is 16.4 Å². The molecule has 0 atom stereocenters. The lowest BCUT2D eigenvalue weighted by Crippen LogP contribution is -2.35. The second-order valence-corrected chi connectivity index (χ2v) is 9.88. The van der Waals surface area contributed by atoms with Crippen LogP contribution in [-0.4, -0.2) is 20.9 Å². The number of nitrogens with one attached hydrogen (secondary N) is 1. The normalized spacial score (nSPS) is 13.6. The monoisotopic (exact) mass is 454 g/mol. The number of amides is 1. The molecule has 0 radical (unpaired) electrons. The molecule has 1 N–H and O–H groups in total. The molecule has 1 aliphatic heterocycles. The summed E-state index contributed by atoms with van der Waals surface area (Å²) in [5.41, 5.74) is 4.59. The smallest absolute Gasteiger partial charge is 0.261 e. The Morgan fingerprint density at radius 2 is 1.74 bits per heavy atom. The van der Waals surface area contributed by atoms with Gasteiger partial charge in [-0.25, -0.2) is 8.42 Å². The molecule has 31 heavy (non-hydrogen) atoms. The second-order valence-electron chi connectivity index (χ2n) is 7.79. The van der Waals surface area contributed by atoms with E-state index in [9.17, 15) is 13.2 Å². The molecule has 160 valence electrons. The van der Waals surface area contributed by atoms with E-state index >= 15 is 0 Å². The van der Waals surface area contributed by atoms with E-state index in [2.05, 4.69) is 4.72 Å². The summed E-state index contributed by atoms with van der Waals surface area (Å²) in [5, 5.41) is 0.496. The Balaban J connectivity index is 1.62. The molecule has 0 fully saturated rings. The van der Waals surface area contributed by atoms with E-state index in [1.807, 2.05) is 38.1 Å². The maximum Gasteiger partial charge on any atom is 0.261 e. The van der Waals surface area contributed by atoms with Gasteiger partial charge in [0.1, 0.15) is 0 Å². The summed E-state index contributed by atoms with van der Waals surface area (Å²) in [6.07, 6.45) is 1.49. The van der Waals surface area contributed by atoms with Gasteiger partial charge in [-0.15, -0.1) is 0 Å². The minimum Gasteiger partial charge on any atom is -0.308 e. The van der Waals surface area contributed by atoms with Crippen LogP contribution >= 0.6 is 11.6 Å². The van der Waals surface area contributed by atoms with Crippen LogP contribution in [0.5, 0.6) is 0 Å². The predicted molar refractivity (Wildman–Crippen MR) is 125 cm³/mol. The lowest BCUT2D eigenvalue weighted by atomic mass is 10.0. The van der Waals surface area contributed by atoms with Crippen molar-refractivity contribution in [3.63, 3.8) is 0 Å². The van der Waals surface area contributed by atoms with E-state index in [4.69, 9.17) is 11.6 Å². The lowest BCUT2D eigenvalue weighted by molar-refractivity contribution is 0.0985. The van der Waals surface area contributed by atoms with Gasteiger partial charge in [0.05, 0.1) is 10.6 Å². The van der Waals surface area contributed by atoms with Crippen molar-refractivity contribution >= 4 is 38.9 Å². The fourth-order valence-electron chi connectivity index (χ4n) is 3.67. The molecule has 3 aromatic rings. The lowest BCUT2D eigenvalue weighted by Gasteiger charge is -2.30. The molecular formula is C24H23ClN2O3S. The molecule has 0 saturated heterocycles. The van der Waals surface area contributed by atoms with Crippen LogP contribution in [0.25, 0.3) is 0 Å². The molecule has 0 aromatic heterocycles. The highest BCUT2D eigenvalue weighted by atomic mass is 35.5. The van der Waals surface area contributed by atoms with E-state index in [0.29, 0.717) is 29.2 Å². The molecular weight excluding hydrogens is 432 g/mol. The highest BCUT2D eigenvalue weighted by Gasteiger charge is 2.25. The molecule has 3 aromatic carbocycles. The molecule has 0 spiro atoms. The van der Waals surface area contributed by atoms with Crippen molar-refractivity contribution in [3.8, 4) is 0 Å². The van der Waals surface area contributed by atoms with Gasteiger partial charge in [0.15, 0.2) is 0 Å². The van der Waals surface area contributed by atoms with Crippen molar-refractivity contribution in [3.05, 3.63) is 87.9 Å². The predicted octanol–water partition coefficient (Wildman–Crippen LogP) is 5.35. The number of anilines is 2. The summed E-state index contributed by atoms with van der Waals surface area (Å²) < 4.78 is 28.4. The number of carbonyl (C=O) groups is 1. The molecule has 1 heterocycles. The number of rotatable bonds is 4. The molecule has 5 nitrogen and oxygen atoms in total. The molecule has 0 bridgehead atoms. The number of aryl methyl sites for hydroxylation is 3. The van der Waals surface area contributed by atoms with Crippen LogP contribution in [0.2, 0.25) is 5.02 Å². The maximum absolute atomic E-state index is 13.0. The third kappa shape index (κ3) is 4.45. The van der Waals surface area contributed by atoms with Crippen LogP contribution < -0.4 is 9.62 Å². The van der Waals surface area contributed by atoms with Gasteiger partial charge < -0.3 is 4.90 Å². The third-order valence-corrected chi connectivity index (χ3v) is 7.23. The average Bonchev–Trinajstić information content (AvgIpc) is 2.75. The van der Waals surface area contributed by atoms with Crippen molar-refractivity contribution in [2.75, 3.05) is 16.2 Å². The third-order valence-electron chi connectivity index (χ3n) is 5.45. The van der Waals surface area contributed by atoms with Crippen LogP contribution in [0.3, 0.4) is 0 Å². The van der Waals surface area contributed by atoms with Crippen molar-refractivity contribution in [1.29, 1.82) is 0 Å². The molecule has 0 unspecified atom stereocenters. The zero-order valence-corrected chi connectivity index (χ0v) is 18.9. The SMILES string of the molecule is Cc1ccc(C(=O)N2CCCc3cc(S(=O)(=O)Nc4ccc(C)c(Cl)c4)ccc32)cc1. The quantitative estimate of drug-likeness (QED) is 0.577. The van der Waals surface area contributed by atoms with E-state index in [1.54, 1.807) is 35.2 Å². The second kappa shape index (κ2) is 8.36. The van der Waals surface area contributed by atoms with Crippen molar-refractivity contribution in [2.45, 2.75) is 31.6 Å². The number of benzene rings is 3. The van der Waals surface area contributed by atoms with Crippen molar-refractivity contribution < 1.29 is 13.2 Å². The minimum absolute atomic E-state index is 0.0796. The van der Waals surface area contributed by atoms with E-state index in [1.165, 1.54) is 6.07 Å². The van der Waals surface area contributed by atoms with Gasteiger partial charge in [0, 0.05) is 22.8 Å². The summed E-state index contributed by atoms with van der Waals surface area (Å²) >= 11 is 6.12. The van der Waals surface area contributed by atoms with Gasteiger partial charge in [-0.05, 0) is 80.3 Å². The first-order chi connectivity index (χ1) is 14.7. The number of halogens is 1. The topological polar surface area (TPSA) is 66.5 Å². The first-order valence-electron chi connectivity index (χ1n) is 10.0. The molecule has 1 aliphatic rings. The van der Waals surface area contributed by atoms with E-state index in [-0.39, 0.29) is 10.8 Å². The standard InChI is InChI=1S/C24H23ClN2O3S/c1-16-5-8-18(9-6-16)24(28)27-13-3-4-19-14-21(11-12-23(19)27)31(29,30)26-20-10-7-17(2)22(25)15-20/h5-12,14-15,26H,3-4,13H2,1-2H3. The minimum atomic E-state index is -3.78. The molecule has 4 rings (SSSR count). The number of hydrogen-bond acceptors (Lipinski definition) is 3. The van der Waals surface area contributed by atoms with Crippen LogP contribution in [0, 0.1) is 13.8 Å². The Morgan fingerprint density at radius 3 is 2.45 bits per heavy atom.